The first-order valence-electron chi connectivity index (χ1n) is 9.64. The Hall–Kier alpha value is -0.790. The number of hydrogen-bond donors (Lipinski definition) is 0. The second-order valence-electron chi connectivity index (χ2n) is 8.75. The maximum Gasteiger partial charge on any atom is 0.228 e. The van der Waals surface area contributed by atoms with Gasteiger partial charge in [0.25, 0.3) is 0 Å². The van der Waals surface area contributed by atoms with Crippen LogP contribution < -0.4 is 0 Å². The first-order valence-corrected chi connectivity index (χ1v) is 10.9. The van der Waals surface area contributed by atoms with Gasteiger partial charge < -0.3 is 4.90 Å². The molecule has 5 nitrogen and oxygen atoms in total. The monoisotopic (exact) mass is 378 g/mol. The highest BCUT2D eigenvalue weighted by Gasteiger charge is 2.55. The van der Waals surface area contributed by atoms with Crippen LogP contribution in [0.3, 0.4) is 0 Å². The molecule has 5 aliphatic rings. The molecule has 2 heterocycles. The summed E-state index contributed by atoms with van der Waals surface area (Å²) in [5, 5.41) is 4.30. The van der Waals surface area contributed by atoms with E-state index >= 15 is 0 Å². The van der Waals surface area contributed by atoms with Gasteiger partial charge in [0.1, 0.15) is 5.51 Å². The zero-order valence-electron chi connectivity index (χ0n) is 14.6. The summed E-state index contributed by atoms with van der Waals surface area (Å²) >= 11 is 6.80. The Balaban J connectivity index is 1.23. The fourth-order valence-electron chi connectivity index (χ4n) is 6.32. The molecule has 1 saturated heterocycles. The molecule has 1 aliphatic heterocycles. The van der Waals surface area contributed by atoms with E-state index in [1.165, 1.54) is 49.9 Å². The number of amides is 1. The minimum atomic E-state index is 0.00831. The molecule has 5 fully saturated rings. The normalized spacial score (nSPS) is 37.6. The van der Waals surface area contributed by atoms with Crippen molar-refractivity contribution < 1.29 is 4.79 Å². The van der Waals surface area contributed by atoms with Crippen molar-refractivity contribution >= 4 is 29.5 Å². The molecule has 1 aromatic heterocycles. The van der Waals surface area contributed by atoms with Crippen molar-refractivity contribution in [3.63, 3.8) is 0 Å². The second kappa shape index (κ2) is 6.13. The summed E-state index contributed by atoms with van der Waals surface area (Å²) in [6.45, 7) is 4.33. The average Bonchev–Trinajstić information content (AvgIpc) is 2.99. The lowest BCUT2D eigenvalue weighted by atomic mass is 9.49. The van der Waals surface area contributed by atoms with Gasteiger partial charge in [-0.25, -0.2) is 4.68 Å². The Bertz CT molecular complexity index is 683. The van der Waals surface area contributed by atoms with Gasteiger partial charge in [0.2, 0.25) is 5.91 Å². The topological polar surface area (TPSA) is 41.4 Å². The number of carbonyl (C=O) groups is 1. The molecule has 25 heavy (non-hydrogen) atoms. The van der Waals surface area contributed by atoms with Crippen LogP contribution in [0.2, 0.25) is 0 Å². The number of hydrogen-bond acceptors (Lipinski definition) is 5. The maximum absolute atomic E-state index is 13.4. The molecule has 4 saturated carbocycles. The zero-order valence-corrected chi connectivity index (χ0v) is 16.2. The molecule has 0 spiro atoms. The van der Waals surface area contributed by atoms with Gasteiger partial charge in [0, 0.05) is 26.2 Å². The van der Waals surface area contributed by atoms with Crippen molar-refractivity contribution in [1.82, 2.24) is 19.6 Å². The molecule has 0 radical (unpaired) electrons. The Morgan fingerprint density at radius 2 is 1.72 bits per heavy atom. The summed E-state index contributed by atoms with van der Waals surface area (Å²) < 4.78 is 2.71. The van der Waals surface area contributed by atoms with Crippen LogP contribution in [-0.4, -0.2) is 51.7 Å². The summed E-state index contributed by atoms with van der Waals surface area (Å²) in [4.78, 5) is 17.9. The lowest BCUT2D eigenvalue weighted by Gasteiger charge is -2.57. The summed E-state index contributed by atoms with van der Waals surface area (Å²) in [6, 6.07) is 0. The van der Waals surface area contributed by atoms with E-state index in [0.717, 1.165) is 54.6 Å². The first kappa shape index (κ1) is 16.4. The van der Waals surface area contributed by atoms with Gasteiger partial charge in [-0.1, -0.05) is 11.3 Å². The molecule has 1 amide bonds. The molecule has 0 unspecified atom stereocenters. The molecular formula is C18H26N4OS2. The van der Waals surface area contributed by atoms with Crippen LogP contribution >= 0.6 is 23.6 Å². The van der Waals surface area contributed by atoms with Gasteiger partial charge in [-0.2, -0.15) is 5.10 Å². The van der Waals surface area contributed by atoms with Crippen LogP contribution in [0.4, 0.5) is 0 Å². The predicted octanol–water partition coefficient (Wildman–Crippen LogP) is 2.99. The zero-order chi connectivity index (χ0) is 17.0. The van der Waals surface area contributed by atoms with Crippen molar-refractivity contribution in [2.45, 2.75) is 45.2 Å². The van der Waals surface area contributed by atoms with Gasteiger partial charge in [0.05, 0.1) is 12.1 Å². The lowest BCUT2D eigenvalue weighted by molar-refractivity contribution is -0.159. The van der Waals surface area contributed by atoms with Gasteiger partial charge in [-0.05, 0) is 68.5 Å². The average molecular weight is 379 g/mol. The van der Waals surface area contributed by atoms with Gasteiger partial charge in [-0.15, -0.1) is 0 Å². The first-order chi connectivity index (χ1) is 12.1. The van der Waals surface area contributed by atoms with Crippen molar-refractivity contribution in [3.8, 4) is 0 Å². The van der Waals surface area contributed by atoms with E-state index < -0.39 is 0 Å². The molecule has 7 heteroatoms. The molecule has 0 N–H and O–H groups in total. The van der Waals surface area contributed by atoms with E-state index in [4.69, 9.17) is 12.2 Å². The van der Waals surface area contributed by atoms with E-state index in [-0.39, 0.29) is 5.41 Å². The summed E-state index contributed by atoms with van der Waals surface area (Å²) in [6.07, 6.45) is 7.71. The number of piperazine rings is 1. The molecular weight excluding hydrogens is 352 g/mol. The highest BCUT2D eigenvalue weighted by atomic mass is 32.1. The molecule has 6 rings (SSSR count). The van der Waals surface area contributed by atoms with Gasteiger partial charge in [0.15, 0.2) is 3.95 Å². The second-order valence-corrected chi connectivity index (χ2v) is 10.2. The van der Waals surface area contributed by atoms with E-state index in [0.29, 0.717) is 5.91 Å². The largest absolute Gasteiger partial charge is 0.340 e. The fraction of sp³-hybridized carbons (Fsp3) is 0.833. The van der Waals surface area contributed by atoms with Crippen LogP contribution in [-0.2, 0) is 11.5 Å². The minimum absolute atomic E-state index is 0.00831. The van der Waals surface area contributed by atoms with Crippen molar-refractivity contribution in [2.75, 3.05) is 26.2 Å². The summed E-state index contributed by atoms with van der Waals surface area (Å²) in [5.74, 6) is 2.99. The van der Waals surface area contributed by atoms with E-state index in [9.17, 15) is 4.79 Å². The summed E-state index contributed by atoms with van der Waals surface area (Å²) in [7, 11) is 0. The number of rotatable bonds is 3. The fourth-order valence-corrected chi connectivity index (χ4v) is 7.03. The Morgan fingerprint density at radius 1 is 1.12 bits per heavy atom. The highest BCUT2D eigenvalue weighted by Crippen LogP contribution is 2.60. The maximum atomic E-state index is 13.4. The van der Waals surface area contributed by atoms with Gasteiger partial charge in [-0.3, -0.25) is 9.69 Å². The van der Waals surface area contributed by atoms with Crippen LogP contribution in [0.15, 0.2) is 5.51 Å². The SMILES string of the molecule is O=C(N1CCN(Cn2ncsc2=S)CC1)C12CC3CC(CC(C3)C1)C2. The molecule has 136 valence electrons. The Kier molecular flexibility index (Phi) is 4.02. The van der Waals surface area contributed by atoms with Gasteiger partial charge >= 0.3 is 0 Å². The quantitative estimate of drug-likeness (QED) is 0.758. The van der Waals surface area contributed by atoms with Crippen molar-refractivity contribution in [1.29, 1.82) is 0 Å². The van der Waals surface area contributed by atoms with Crippen LogP contribution in [0.5, 0.6) is 0 Å². The number of carbonyl (C=O) groups excluding carboxylic acids is 1. The van der Waals surface area contributed by atoms with Crippen LogP contribution in [0.1, 0.15) is 38.5 Å². The predicted molar refractivity (Wildman–Crippen MR) is 99.7 cm³/mol. The van der Waals surface area contributed by atoms with E-state index in [1.54, 1.807) is 5.51 Å². The van der Waals surface area contributed by atoms with Crippen LogP contribution in [0.25, 0.3) is 0 Å². The Morgan fingerprint density at radius 3 is 2.24 bits per heavy atom. The third-order valence-corrected chi connectivity index (χ3v) is 8.15. The minimum Gasteiger partial charge on any atom is -0.340 e. The smallest absolute Gasteiger partial charge is 0.228 e. The number of aromatic nitrogens is 2. The standard InChI is InChI=1S/C18H26N4OS2/c23-16(18-8-13-5-14(9-18)7-15(6-13)10-18)21-3-1-20(2-4-21)12-22-17(24)25-11-19-22/h11,13-15H,1-10,12H2. The van der Waals surface area contributed by atoms with Crippen LogP contribution in [0, 0.1) is 27.1 Å². The number of nitrogens with zero attached hydrogens (tertiary/aromatic N) is 4. The molecule has 0 atom stereocenters. The van der Waals surface area contributed by atoms with Crippen molar-refractivity contribution in [3.05, 3.63) is 9.46 Å². The van der Waals surface area contributed by atoms with Crippen molar-refractivity contribution in [2.24, 2.45) is 23.2 Å². The third kappa shape index (κ3) is 2.88. The Labute approximate surface area is 158 Å². The molecule has 4 aliphatic carbocycles. The van der Waals surface area contributed by atoms with E-state index in [1.807, 2.05) is 4.68 Å². The highest BCUT2D eigenvalue weighted by molar-refractivity contribution is 7.73. The third-order valence-electron chi connectivity index (χ3n) is 7.04. The lowest BCUT2D eigenvalue weighted by Crippen LogP contribution is -2.58. The van der Waals surface area contributed by atoms with E-state index in [2.05, 4.69) is 14.9 Å². The molecule has 4 bridgehead atoms. The summed E-state index contributed by atoms with van der Waals surface area (Å²) in [5.41, 5.74) is 1.81. The molecule has 1 aromatic rings. The molecule has 0 aromatic carbocycles.